The predicted molar refractivity (Wildman–Crippen MR) is 66.9 cm³/mol. The van der Waals surface area contributed by atoms with Gasteiger partial charge in [-0.2, -0.15) is 0 Å². The number of benzene rings is 1. The summed E-state index contributed by atoms with van der Waals surface area (Å²) in [5.41, 5.74) is 6.10. The SMILES string of the molecule is CN(CCc1ccc(Cl)cc1Cl)CC(N)=O. The summed E-state index contributed by atoms with van der Waals surface area (Å²) in [5, 5.41) is 1.28. The number of amides is 1. The molecular formula is C11H14Cl2N2O. The van der Waals surface area contributed by atoms with Gasteiger partial charge in [0.2, 0.25) is 5.91 Å². The van der Waals surface area contributed by atoms with Gasteiger partial charge in [0.25, 0.3) is 0 Å². The maximum atomic E-state index is 10.7. The Balaban J connectivity index is 2.51. The fourth-order valence-electron chi connectivity index (χ4n) is 1.38. The second-order valence-electron chi connectivity index (χ2n) is 3.69. The summed E-state index contributed by atoms with van der Waals surface area (Å²) in [6, 6.07) is 5.41. The van der Waals surface area contributed by atoms with E-state index >= 15 is 0 Å². The Morgan fingerprint density at radius 3 is 2.69 bits per heavy atom. The largest absolute Gasteiger partial charge is 0.369 e. The van der Waals surface area contributed by atoms with Gasteiger partial charge in [0.15, 0.2) is 0 Å². The lowest BCUT2D eigenvalue weighted by Gasteiger charge is -2.14. The molecule has 0 aliphatic heterocycles. The van der Waals surface area contributed by atoms with Gasteiger partial charge in [0, 0.05) is 16.6 Å². The Morgan fingerprint density at radius 2 is 2.12 bits per heavy atom. The zero-order valence-electron chi connectivity index (χ0n) is 9.04. The predicted octanol–water partition coefficient (Wildman–Crippen LogP) is 1.95. The van der Waals surface area contributed by atoms with Crippen molar-refractivity contribution in [2.24, 2.45) is 5.73 Å². The second-order valence-corrected chi connectivity index (χ2v) is 4.53. The van der Waals surface area contributed by atoms with Crippen molar-refractivity contribution in [3.8, 4) is 0 Å². The third kappa shape index (κ3) is 4.39. The van der Waals surface area contributed by atoms with Crippen molar-refractivity contribution >= 4 is 29.1 Å². The molecule has 0 fully saturated rings. The number of halogens is 2. The van der Waals surface area contributed by atoms with E-state index in [-0.39, 0.29) is 12.5 Å². The number of hydrogen-bond acceptors (Lipinski definition) is 2. The zero-order chi connectivity index (χ0) is 12.1. The van der Waals surface area contributed by atoms with E-state index in [0.29, 0.717) is 10.0 Å². The van der Waals surface area contributed by atoms with Crippen molar-refractivity contribution in [2.45, 2.75) is 6.42 Å². The Hall–Kier alpha value is -0.770. The summed E-state index contributed by atoms with van der Waals surface area (Å²) in [4.78, 5) is 12.5. The van der Waals surface area contributed by atoms with E-state index in [1.165, 1.54) is 0 Å². The zero-order valence-corrected chi connectivity index (χ0v) is 10.6. The molecule has 0 atom stereocenters. The topological polar surface area (TPSA) is 46.3 Å². The molecular weight excluding hydrogens is 247 g/mol. The lowest BCUT2D eigenvalue weighted by Crippen LogP contribution is -2.32. The minimum atomic E-state index is -0.329. The molecule has 5 heteroatoms. The molecule has 3 nitrogen and oxygen atoms in total. The van der Waals surface area contributed by atoms with E-state index in [2.05, 4.69) is 0 Å². The minimum Gasteiger partial charge on any atom is -0.369 e. The Kier molecular flexibility index (Phi) is 5.06. The van der Waals surface area contributed by atoms with E-state index in [0.717, 1.165) is 18.5 Å². The first-order valence-corrected chi connectivity index (χ1v) is 5.65. The highest BCUT2D eigenvalue weighted by Gasteiger charge is 2.05. The number of likely N-dealkylation sites (N-methyl/N-ethyl adjacent to an activating group) is 1. The molecule has 88 valence electrons. The van der Waals surface area contributed by atoms with Crippen molar-refractivity contribution in [1.82, 2.24) is 4.90 Å². The number of nitrogens with zero attached hydrogens (tertiary/aromatic N) is 1. The molecule has 0 aromatic heterocycles. The van der Waals surface area contributed by atoms with Crippen molar-refractivity contribution < 1.29 is 4.79 Å². The number of carbonyl (C=O) groups excluding carboxylic acids is 1. The van der Waals surface area contributed by atoms with Crippen LogP contribution in [0.5, 0.6) is 0 Å². The lowest BCUT2D eigenvalue weighted by molar-refractivity contribution is -0.118. The minimum absolute atomic E-state index is 0.255. The van der Waals surface area contributed by atoms with Crippen LogP contribution in [-0.2, 0) is 11.2 Å². The molecule has 2 N–H and O–H groups in total. The number of hydrogen-bond donors (Lipinski definition) is 1. The first-order chi connectivity index (χ1) is 7.49. The van der Waals surface area contributed by atoms with Crippen LogP contribution in [0.15, 0.2) is 18.2 Å². The summed E-state index contributed by atoms with van der Waals surface area (Å²) in [5.74, 6) is -0.329. The molecule has 1 aromatic carbocycles. The van der Waals surface area contributed by atoms with Crippen molar-refractivity contribution in [2.75, 3.05) is 20.1 Å². The van der Waals surface area contributed by atoms with E-state index in [9.17, 15) is 4.79 Å². The van der Waals surface area contributed by atoms with Gasteiger partial charge in [-0.1, -0.05) is 29.3 Å². The average Bonchev–Trinajstić information content (AvgIpc) is 2.15. The molecule has 0 spiro atoms. The maximum Gasteiger partial charge on any atom is 0.231 e. The molecule has 0 aliphatic carbocycles. The number of carbonyl (C=O) groups is 1. The van der Waals surface area contributed by atoms with Crippen molar-refractivity contribution in [3.05, 3.63) is 33.8 Å². The van der Waals surface area contributed by atoms with Gasteiger partial charge in [-0.25, -0.2) is 0 Å². The molecule has 0 unspecified atom stereocenters. The molecule has 0 heterocycles. The summed E-state index contributed by atoms with van der Waals surface area (Å²) in [6.45, 7) is 0.982. The average molecular weight is 261 g/mol. The third-order valence-corrected chi connectivity index (χ3v) is 2.79. The summed E-state index contributed by atoms with van der Waals surface area (Å²) < 4.78 is 0. The van der Waals surface area contributed by atoms with E-state index in [1.807, 2.05) is 18.0 Å². The first kappa shape index (κ1) is 13.3. The van der Waals surface area contributed by atoms with Gasteiger partial charge in [-0.05, 0) is 31.2 Å². The fourth-order valence-corrected chi connectivity index (χ4v) is 1.88. The molecule has 1 rings (SSSR count). The molecule has 16 heavy (non-hydrogen) atoms. The van der Waals surface area contributed by atoms with Gasteiger partial charge >= 0.3 is 0 Å². The second kappa shape index (κ2) is 6.09. The molecule has 1 amide bonds. The molecule has 0 radical (unpaired) electrons. The van der Waals surface area contributed by atoms with Crippen LogP contribution in [0.25, 0.3) is 0 Å². The lowest BCUT2D eigenvalue weighted by atomic mass is 10.1. The van der Waals surface area contributed by atoms with Gasteiger partial charge in [0.1, 0.15) is 0 Å². The van der Waals surface area contributed by atoms with E-state index in [1.54, 1.807) is 12.1 Å². The fraction of sp³-hybridized carbons (Fsp3) is 0.364. The van der Waals surface area contributed by atoms with E-state index < -0.39 is 0 Å². The van der Waals surface area contributed by atoms with Crippen LogP contribution in [0.2, 0.25) is 10.0 Å². The van der Waals surface area contributed by atoms with Crippen LogP contribution in [0.1, 0.15) is 5.56 Å². The quantitative estimate of drug-likeness (QED) is 0.880. The van der Waals surface area contributed by atoms with Crippen LogP contribution in [0.4, 0.5) is 0 Å². The van der Waals surface area contributed by atoms with Gasteiger partial charge in [-0.15, -0.1) is 0 Å². The first-order valence-electron chi connectivity index (χ1n) is 4.90. The molecule has 0 saturated carbocycles. The number of primary amides is 1. The number of nitrogens with two attached hydrogens (primary N) is 1. The molecule has 0 saturated heterocycles. The Morgan fingerprint density at radius 1 is 1.44 bits per heavy atom. The van der Waals surface area contributed by atoms with Gasteiger partial charge in [0.05, 0.1) is 6.54 Å². The summed E-state index contributed by atoms with van der Waals surface area (Å²) in [7, 11) is 1.84. The van der Waals surface area contributed by atoms with Gasteiger partial charge < -0.3 is 5.73 Å². The highest BCUT2D eigenvalue weighted by atomic mass is 35.5. The van der Waals surface area contributed by atoms with Crippen molar-refractivity contribution in [3.63, 3.8) is 0 Å². The normalized spacial score (nSPS) is 10.8. The molecule has 0 bridgehead atoms. The Labute approximate surface area is 105 Å². The summed E-state index contributed by atoms with van der Waals surface area (Å²) >= 11 is 11.8. The third-order valence-electron chi connectivity index (χ3n) is 2.20. The van der Waals surface area contributed by atoms with E-state index in [4.69, 9.17) is 28.9 Å². The monoisotopic (exact) mass is 260 g/mol. The van der Waals surface area contributed by atoms with Crippen LogP contribution in [0, 0.1) is 0 Å². The molecule has 0 aliphatic rings. The van der Waals surface area contributed by atoms with Crippen LogP contribution in [-0.4, -0.2) is 30.9 Å². The standard InChI is InChI=1S/C11H14Cl2N2O/c1-15(7-11(14)16)5-4-8-2-3-9(12)6-10(8)13/h2-3,6H,4-5,7H2,1H3,(H2,14,16). The highest BCUT2D eigenvalue weighted by Crippen LogP contribution is 2.21. The van der Waals surface area contributed by atoms with Crippen LogP contribution in [0.3, 0.4) is 0 Å². The number of rotatable bonds is 5. The maximum absolute atomic E-state index is 10.7. The smallest absolute Gasteiger partial charge is 0.231 e. The van der Waals surface area contributed by atoms with Crippen LogP contribution >= 0.6 is 23.2 Å². The Bertz CT molecular complexity index is 382. The van der Waals surface area contributed by atoms with Gasteiger partial charge in [-0.3, -0.25) is 9.69 Å². The summed E-state index contributed by atoms with van der Waals surface area (Å²) in [6.07, 6.45) is 0.764. The van der Waals surface area contributed by atoms with Crippen LogP contribution < -0.4 is 5.73 Å². The van der Waals surface area contributed by atoms with Crippen molar-refractivity contribution in [1.29, 1.82) is 0 Å². The highest BCUT2D eigenvalue weighted by molar-refractivity contribution is 6.35. The molecule has 1 aromatic rings.